The van der Waals surface area contributed by atoms with Crippen LogP contribution in [0.15, 0.2) is 12.1 Å². The van der Waals surface area contributed by atoms with Crippen molar-refractivity contribution >= 4 is 44.1 Å². The first-order chi connectivity index (χ1) is 22.8. The fourth-order valence-electron chi connectivity index (χ4n) is 7.75. The number of phenolic OH excluding ortho intramolecular Hbond substituents is 2. The number of ether oxygens (including phenoxy) is 4. The van der Waals surface area contributed by atoms with Gasteiger partial charge >= 0.3 is 5.97 Å². The molecule has 266 valence electrons. The number of carbonyl (C=O) groups is 2. The zero-order chi connectivity index (χ0) is 35.0. The molecule has 48 heavy (non-hydrogen) atoms. The summed E-state index contributed by atoms with van der Waals surface area (Å²) < 4.78 is 24.3. The summed E-state index contributed by atoms with van der Waals surface area (Å²) in [4.78, 5) is 24.4. The topological polar surface area (TPSA) is 213 Å². The molecule has 3 fully saturated rings. The van der Waals surface area contributed by atoms with E-state index in [-0.39, 0.29) is 69.4 Å². The number of carboxylic acid groups (broad SMARTS) is 1. The number of fused-ring (bicyclic) bond motifs is 2. The van der Waals surface area contributed by atoms with Crippen LogP contribution in [0.1, 0.15) is 65.8 Å². The molecule has 5 rings (SSSR count). The number of aliphatic hydroxyl groups is 4. The molecule has 3 heterocycles. The average molecular weight is 713 g/mol. The number of carboxylic acids is 1. The van der Waals surface area contributed by atoms with Crippen LogP contribution in [0.5, 0.6) is 17.2 Å². The Morgan fingerprint density at radius 1 is 1.10 bits per heavy atom. The number of aliphatic hydroxyl groups excluding tert-OH is 4. The van der Waals surface area contributed by atoms with Crippen LogP contribution in [-0.2, 0) is 14.2 Å². The highest BCUT2D eigenvalue weighted by Gasteiger charge is 2.58. The number of Topliss-reactive ketones (excluding diaryl/α,β-unsaturated/α-hetero) is 1. The molecule has 3 aliphatic heterocycles. The van der Waals surface area contributed by atoms with Gasteiger partial charge in [-0.05, 0) is 63.5 Å². The average Bonchev–Trinajstić information content (AvgIpc) is 3.07. The van der Waals surface area contributed by atoms with Gasteiger partial charge in [-0.1, -0.05) is 28.5 Å². The summed E-state index contributed by atoms with van der Waals surface area (Å²) in [5.74, 6) is -2.18. The molecule has 8 atom stereocenters. The summed E-state index contributed by atoms with van der Waals surface area (Å²) >= 11 is 0. The Labute approximate surface area is 285 Å². The van der Waals surface area contributed by atoms with E-state index < -0.39 is 60.1 Å². The van der Waals surface area contributed by atoms with Gasteiger partial charge in [0, 0.05) is 35.3 Å². The number of carbonyl (C=O) groups excluding carboxylic acids is 1. The largest absolute Gasteiger partial charge is 0.507 e. The third-order valence-electron chi connectivity index (χ3n) is 10.4. The van der Waals surface area contributed by atoms with E-state index in [1.54, 1.807) is 10.8 Å². The monoisotopic (exact) mass is 712 g/mol. The lowest BCUT2D eigenvalue weighted by Gasteiger charge is -2.51. The number of phenols is 2. The van der Waals surface area contributed by atoms with E-state index in [1.807, 2.05) is 0 Å². The molecule has 0 amide bonds. The summed E-state index contributed by atoms with van der Waals surface area (Å²) in [6, 6.07) is 2.17. The molecular formula is C33H44O13S2. The molecule has 0 saturated carbocycles. The van der Waals surface area contributed by atoms with Gasteiger partial charge in [0.1, 0.15) is 47.1 Å². The molecule has 7 N–H and O–H groups in total. The second-order valence-corrected chi connectivity index (χ2v) is 15.5. The fraction of sp³-hybridized carbons (Fsp3) is 0.636. The second kappa shape index (κ2) is 14.9. The predicted molar refractivity (Wildman–Crippen MR) is 178 cm³/mol. The van der Waals surface area contributed by atoms with Gasteiger partial charge in [0.2, 0.25) is 6.29 Å². The Bertz CT molecular complexity index is 1510. The lowest BCUT2D eigenvalue weighted by atomic mass is 9.65. The van der Waals surface area contributed by atoms with Crippen molar-refractivity contribution in [2.45, 2.75) is 76.7 Å². The van der Waals surface area contributed by atoms with Crippen LogP contribution in [-0.4, -0.2) is 116 Å². The number of hydrogen-bond acceptors (Lipinski definition) is 14. The Morgan fingerprint density at radius 3 is 2.52 bits per heavy atom. The minimum Gasteiger partial charge on any atom is -0.507 e. The molecule has 13 nitrogen and oxygen atoms in total. The van der Waals surface area contributed by atoms with Crippen molar-refractivity contribution in [1.29, 1.82) is 0 Å². The van der Waals surface area contributed by atoms with E-state index >= 15 is 0 Å². The molecule has 0 aliphatic carbocycles. The van der Waals surface area contributed by atoms with Crippen molar-refractivity contribution in [3.8, 4) is 17.2 Å². The lowest BCUT2D eigenvalue weighted by molar-refractivity contribution is -0.322. The Morgan fingerprint density at radius 2 is 1.85 bits per heavy atom. The summed E-state index contributed by atoms with van der Waals surface area (Å²) in [5.41, 5.74) is -2.30. The van der Waals surface area contributed by atoms with Gasteiger partial charge in [-0.3, -0.25) is 4.79 Å². The summed E-state index contributed by atoms with van der Waals surface area (Å²) in [7, 11) is 2.98. The van der Waals surface area contributed by atoms with Crippen LogP contribution in [0.3, 0.4) is 0 Å². The maximum Gasteiger partial charge on any atom is 0.335 e. The van der Waals surface area contributed by atoms with Gasteiger partial charge < -0.3 is 54.7 Å². The predicted octanol–water partition coefficient (Wildman–Crippen LogP) is 3.21. The number of aromatic hydroxyl groups is 2. The molecule has 0 unspecified atom stereocenters. The SMILES string of the molecule is CC(=O)c1c(C)c(O)c2cc(C(=O)O)cc(O[C@H]3O[C@H](CO)[C@@]4(CC[C@H](C)[C@H]5CCOC[C@]5(CCO)CSSCO4)[C@H](O)[C@H]3O)c2c1O. The molecule has 3 aliphatic rings. The third kappa shape index (κ3) is 6.61. The highest BCUT2D eigenvalue weighted by molar-refractivity contribution is 8.76. The summed E-state index contributed by atoms with van der Waals surface area (Å²) in [6.07, 6.45) is -4.19. The number of aromatic carboxylic acids is 1. The fourth-order valence-corrected chi connectivity index (χ4v) is 10.1. The standard InChI is InChI=1S/C33H44O13S2/c1-16-4-6-33(44-15-48-47-14-32(7-8-34)13-43-9-5-21(16)32)23(12-35)46-31(28(39)29(33)40)45-22-11-19(30(41)42)10-20-25(22)27(38)24(18(3)36)17(2)26(20)37/h10-11,16,21,23,28-29,31,34-35,37-40H,4-9,12-15H2,1-3H3,(H,41,42)/t16-,21+,23+,28+,29+,31-,32+,33-/m0/s1. The number of benzene rings is 2. The number of ketones is 1. The van der Waals surface area contributed by atoms with E-state index in [4.69, 9.17) is 18.9 Å². The molecule has 15 heteroatoms. The minimum atomic E-state index is -1.78. The Hall–Kier alpha value is -2.34. The quantitative estimate of drug-likeness (QED) is 0.125. The third-order valence-corrected chi connectivity index (χ3v) is 12.6. The zero-order valence-corrected chi connectivity index (χ0v) is 28.7. The van der Waals surface area contributed by atoms with E-state index in [2.05, 4.69) is 6.92 Å². The molecule has 2 aromatic rings. The van der Waals surface area contributed by atoms with Gasteiger partial charge in [0.25, 0.3) is 0 Å². The van der Waals surface area contributed by atoms with Crippen LogP contribution >= 0.6 is 21.6 Å². The van der Waals surface area contributed by atoms with Crippen LogP contribution in [0.25, 0.3) is 10.8 Å². The Kier molecular flexibility index (Phi) is 11.4. The first-order valence-corrected chi connectivity index (χ1v) is 18.4. The molecular weight excluding hydrogens is 668 g/mol. The molecule has 1 spiro atoms. The summed E-state index contributed by atoms with van der Waals surface area (Å²) in [6.45, 7) is 5.24. The van der Waals surface area contributed by atoms with Gasteiger partial charge in [-0.2, -0.15) is 0 Å². The van der Waals surface area contributed by atoms with E-state index in [0.717, 1.165) is 24.3 Å². The van der Waals surface area contributed by atoms with E-state index in [9.17, 15) is 45.3 Å². The number of hydrogen-bond donors (Lipinski definition) is 7. The maximum absolute atomic E-state index is 12.4. The molecule has 0 bridgehead atoms. The maximum atomic E-state index is 12.4. The summed E-state index contributed by atoms with van der Waals surface area (Å²) in [5, 5.41) is 75.4. The molecule has 2 aromatic carbocycles. The smallest absolute Gasteiger partial charge is 0.335 e. The van der Waals surface area contributed by atoms with Crippen LogP contribution < -0.4 is 4.74 Å². The first-order valence-electron chi connectivity index (χ1n) is 15.9. The van der Waals surface area contributed by atoms with Crippen LogP contribution in [0, 0.1) is 24.2 Å². The van der Waals surface area contributed by atoms with Crippen molar-refractivity contribution in [3.05, 3.63) is 28.8 Å². The van der Waals surface area contributed by atoms with Gasteiger partial charge in [0.05, 0.1) is 29.7 Å². The van der Waals surface area contributed by atoms with E-state index in [0.29, 0.717) is 26.1 Å². The highest BCUT2D eigenvalue weighted by atomic mass is 33.1. The first kappa shape index (κ1) is 36.9. The van der Waals surface area contributed by atoms with Gasteiger partial charge in [-0.15, -0.1) is 0 Å². The molecule has 0 radical (unpaired) electrons. The zero-order valence-electron chi connectivity index (χ0n) is 27.1. The second-order valence-electron chi connectivity index (χ2n) is 13.1. The lowest BCUT2D eigenvalue weighted by Crippen LogP contribution is -2.69. The van der Waals surface area contributed by atoms with Gasteiger partial charge in [0.15, 0.2) is 5.78 Å². The minimum absolute atomic E-state index is 0.0304. The van der Waals surface area contributed by atoms with Crippen LogP contribution in [0.2, 0.25) is 0 Å². The number of rotatable bonds is 7. The van der Waals surface area contributed by atoms with Crippen LogP contribution in [0.4, 0.5) is 0 Å². The highest BCUT2D eigenvalue weighted by Crippen LogP contribution is 2.50. The van der Waals surface area contributed by atoms with Crippen molar-refractivity contribution in [1.82, 2.24) is 0 Å². The molecule has 3 saturated heterocycles. The van der Waals surface area contributed by atoms with Gasteiger partial charge in [-0.25, -0.2) is 4.79 Å². The Balaban J connectivity index is 1.50. The van der Waals surface area contributed by atoms with Crippen molar-refractivity contribution in [3.63, 3.8) is 0 Å². The van der Waals surface area contributed by atoms with Crippen molar-refractivity contribution in [2.75, 3.05) is 38.1 Å². The molecule has 0 aromatic heterocycles. The normalized spacial score (nSPS) is 33.1. The van der Waals surface area contributed by atoms with E-state index in [1.165, 1.54) is 24.6 Å². The van der Waals surface area contributed by atoms with Crippen molar-refractivity contribution < 1.29 is 64.3 Å². The van der Waals surface area contributed by atoms with Crippen molar-refractivity contribution in [2.24, 2.45) is 17.3 Å².